The molecule has 0 fully saturated rings. The average molecular weight is 183 g/mol. The highest BCUT2D eigenvalue weighted by molar-refractivity contribution is 5.14. The summed E-state index contributed by atoms with van der Waals surface area (Å²) in [5.41, 5.74) is 3.04. The van der Waals surface area contributed by atoms with Gasteiger partial charge in [0.15, 0.2) is 0 Å². The van der Waals surface area contributed by atoms with Crippen molar-refractivity contribution >= 4 is 0 Å². The molecule has 1 nitrogen and oxygen atoms in total. The highest BCUT2D eigenvalue weighted by atomic mass is 14.9. The van der Waals surface area contributed by atoms with Crippen molar-refractivity contribution in [2.24, 2.45) is 0 Å². The molecule has 0 rings (SSSR count). The summed E-state index contributed by atoms with van der Waals surface area (Å²) < 4.78 is 0. The van der Waals surface area contributed by atoms with Gasteiger partial charge in [-0.1, -0.05) is 31.4 Å². The van der Waals surface area contributed by atoms with Crippen LogP contribution in [0.2, 0.25) is 0 Å². The topological polar surface area (TPSA) is 12.0 Å². The molecule has 0 amide bonds. The lowest BCUT2D eigenvalue weighted by Crippen LogP contribution is -2.28. The summed E-state index contributed by atoms with van der Waals surface area (Å²) in [5.74, 6) is 0. The molecule has 0 bridgehead atoms. The zero-order chi connectivity index (χ0) is 10.3. The van der Waals surface area contributed by atoms with E-state index in [1.54, 1.807) is 0 Å². The Morgan fingerprint density at radius 2 is 1.85 bits per heavy atom. The van der Waals surface area contributed by atoms with Crippen LogP contribution < -0.4 is 5.32 Å². The van der Waals surface area contributed by atoms with E-state index in [9.17, 15) is 0 Å². The second-order valence-electron chi connectivity index (χ2n) is 3.85. The third-order valence-electron chi connectivity index (χ3n) is 2.83. The Hall–Kier alpha value is -0.300. The molecule has 1 N–H and O–H groups in total. The van der Waals surface area contributed by atoms with Gasteiger partial charge in [-0.25, -0.2) is 0 Å². The molecule has 0 aromatic heterocycles. The fraction of sp³-hybridized carbons (Fsp3) is 0.833. The molecule has 0 spiro atoms. The number of hydrogen-bond donors (Lipinski definition) is 1. The molecule has 1 unspecified atom stereocenters. The van der Waals surface area contributed by atoms with Crippen LogP contribution in [0.25, 0.3) is 0 Å². The maximum Gasteiger partial charge on any atom is 0.0250 e. The first kappa shape index (κ1) is 12.7. The summed E-state index contributed by atoms with van der Waals surface area (Å²) in [5, 5.41) is 3.54. The van der Waals surface area contributed by atoms with Crippen LogP contribution in [0.5, 0.6) is 0 Å². The van der Waals surface area contributed by atoms with Gasteiger partial charge in [0.05, 0.1) is 0 Å². The van der Waals surface area contributed by atoms with Crippen LogP contribution in [0.4, 0.5) is 0 Å². The van der Waals surface area contributed by atoms with Crippen molar-refractivity contribution in [3.05, 3.63) is 11.1 Å². The van der Waals surface area contributed by atoms with Crippen LogP contribution in [-0.4, -0.2) is 12.6 Å². The first-order valence-corrected chi connectivity index (χ1v) is 5.53. The smallest absolute Gasteiger partial charge is 0.0250 e. The molecule has 13 heavy (non-hydrogen) atoms. The highest BCUT2D eigenvalue weighted by Gasteiger charge is 2.04. The molecule has 0 aromatic carbocycles. The molecule has 0 saturated carbocycles. The van der Waals surface area contributed by atoms with Crippen molar-refractivity contribution in [2.45, 2.75) is 59.9 Å². The number of hydrogen-bond acceptors (Lipinski definition) is 1. The second-order valence-corrected chi connectivity index (χ2v) is 3.85. The minimum atomic E-state index is 0.548. The van der Waals surface area contributed by atoms with Gasteiger partial charge in [-0.3, -0.25) is 0 Å². The summed E-state index contributed by atoms with van der Waals surface area (Å²) >= 11 is 0. The summed E-state index contributed by atoms with van der Waals surface area (Å²) in [6, 6.07) is 0.548. The van der Waals surface area contributed by atoms with Crippen molar-refractivity contribution in [3.63, 3.8) is 0 Å². The molecular weight excluding hydrogens is 158 g/mol. The minimum absolute atomic E-state index is 0.548. The molecule has 0 aliphatic heterocycles. The van der Waals surface area contributed by atoms with E-state index in [0.29, 0.717) is 6.04 Å². The summed E-state index contributed by atoms with van der Waals surface area (Å²) in [6.07, 6.45) is 3.73. The highest BCUT2D eigenvalue weighted by Crippen LogP contribution is 2.10. The molecule has 0 aliphatic rings. The number of unbranched alkanes of at least 4 members (excludes halogenated alkanes) is 1. The standard InChI is InChI=1S/C12H25N/c1-6-8-9-13-12(5)11(4)10(3)7-2/h12-13H,6-9H2,1-5H3. The largest absolute Gasteiger partial charge is 0.311 e. The molecule has 1 heteroatoms. The van der Waals surface area contributed by atoms with Crippen molar-refractivity contribution in [2.75, 3.05) is 6.54 Å². The quantitative estimate of drug-likeness (QED) is 0.491. The van der Waals surface area contributed by atoms with Crippen LogP contribution >= 0.6 is 0 Å². The van der Waals surface area contributed by atoms with Gasteiger partial charge in [0.1, 0.15) is 0 Å². The van der Waals surface area contributed by atoms with Gasteiger partial charge in [-0.15, -0.1) is 0 Å². The molecule has 78 valence electrons. The van der Waals surface area contributed by atoms with E-state index in [-0.39, 0.29) is 0 Å². The van der Waals surface area contributed by atoms with Crippen molar-refractivity contribution in [1.29, 1.82) is 0 Å². The van der Waals surface area contributed by atoms with Gasteiger partial charge >= 0.3 is 0 Å². The Labute approximate surface area is 83.6 Å². The third kappa shape index (κ3) is 5.09. The van der Waals surface area contributed by atoms with Crippen LogP contribution in [0.15, 0.2) is 11.1 Å². The van der Waals surface area contributed by atoms with Gasteiger partial charge in [0.2, 0.25) is 0 Å². The number of rotatable bonds is 6. The predicted molar refractivity (Wildman–Crippen MR) is 61.0 cm³/mol. The van der Waals surface area contributed by atoms with E-state index in [2.05, 4.69) is 39.9 Å². The minimum Gasteiger partial charge on any atom is -0.311 e. The molecule has 0 aliphatic carbocycles. The van der Waals surface area contributed by atoms with Gasteiger partial charge < -0.3 is 5.32 Å². The van der Waals surface area contributed by atoms with E-state index >= 15 is 0 Å². The Morgan fingerprint density at radius 3 is 2.31 bits per heavy atom. The Kier molecular flexibility index (Phi) is 6.97. The average Bonchev–Trinajstić information content (AvgIpc) is 2.15. The Balaban J connectivity index is 3.88. The third-order valence-corrected chi connectivity index (χ3v) is 2.83. The van der Waals surface area contributed by atoms with E-state index in [4.69, 9.17) is 0 Å². The lowest BCUT2D eigenvalue weighted by molar-refractivity contribution is 0.577. The van der Waals surface area contributed by atoms with Gasteiger partial charge in [0, 0.05) is 6.04 Å². The predicted octanol–water partition coefficient (Wildman–Crippen LogP) is 3.51. The van der Waals surface area contributed by atoms with Crippen molar-refractivity contribution < 1.29 is 0 Å². The first-order chi connectivity index (χ1) is 6.13. The monoisotopic (exact) mass is 183 g/mol. The first-order valence-electron chi connectivity index (χ1n) is 5.53. The molecule has 0 heterocycles. The van der Waals surface area contributed by atoms with Crippen LogP contribution in [0, 0.1) is 0 Å². The zero-order valence-corrected chi connectivity index (χ0v) is 9.91. The van der Waals surface area contributed by atoms with Gasteiger partial charge in [0.25, 0.3) is 0 Å². The lowest BCUT2D eigenvalue weighted by Gasteiger charge is -2.16. The summed E-state index contributed by atoms with van der Waals surface area (Å²) in [4.78, 5) is 0. The second kappa shape index (κ2) is 7.14. The van der Waals surface area contributed by atoms with Crippen LogP contribution in [0.1, 0.15) is 53.9 Å². The Morgan fingerprint density at radius 1 is 1.23 bits per heavy atom. The molecule has 0 saturated heterocycles. The fourth-order valence-corrected chi connectivity index (χ4v) is 1.30. The van der Waals surface area contributed by atoms with E-state index in [1.165, 1.54) is 30.4 Å². The maximum atomic E-state index is 3.54. The summed E-state index contributed by atoms with van der Waals surface area (Å²) in [7, 11) is 0. The van der Waals surface area contributed by atoms with Gasteiger partial charge in [-0.05, 0) is 40.2 Å². The van der Waals surface area contributed by atoms with E-state index < -0.39 is 0 Å². The van der Waals surface area contributed by atoms with Crippen LogP contribution in [-0.2, 0) is 0 Å². The fourth-order valence-electron chi connectivity index (χ4n) is 1.30. The van der Waals surface area contributed by atoms with Crippen molar-refractivity contribution in [1.82, 2.24) is 5.32 Å². The number of allylic oxidation sites excluding steroid dienone is 1. The maximum absolute atomic E-state index is 3.54. The molecule has 1 atom stereocenters. The van der Waals surface area contributed by atoms with E-state index in [0.717, 1.165) is 6.54 Å². The zero-order valence-electron chi connectivity index (χ0n) is 9.91. The lowest BCUT2D eigenvalue weighted by atomic mass is 10.0. The number of nitrogens with one attached hydrogen (secondary N) is 1. The summed E-state index contributed by atoms with van der Waals surface area (Å²) in [6.45, 7) is 12.3. The van der Waals surface area contributed by atoms with E-state index in [1.807, 2.05) is 0 Å². The normalized spacial score (nSPS) is 15.5. The Bertz CT molecular complexity index is 159. The van der Waals surface area contributed by atoms with Crippen molar-refractivity contribution in [3.8, 4) is 0 Å². The molecular formula is C12H25N. The van der Waals surface area contributed by atoms with Crippen LogP contribution in [0.3, 0.4) is 0 Å². The molecule has 0 aromatic rings. The molecule has 0 radical (unpaired) electrons. The SMILES string of the molecule is CCCCNC(C)C(C)=C(C)CC. The van der Waals surface area contributed by atoms with Gasteiger partial charge in [-0.2, -0.15) is 0 Å².